The molecule has 1 fully saturated rings. The first-order chi connectivity index (χ1) is 11.6. The molecule has 1 aliphatic carbocycles. The first kappa shape index (κ1) is 18.8. The molecule has 0 aromatic heterocycles. The van der Waals surface area contributed by atoms with E-state index in [4.69, 9.17) is 4.74 Å². The lowest BCUT2D eigenvalue weighted by molar-refractivity contribution is -0.159. The maximum Gasteiger partial charge on any atom is 0.320 e. The molecule has 132 valence electrons. The number of carbonyl (C=O) groups is 2. The predicted octanol–water partition coefficient (Wildman–Crippen LogP) is 4.01. The highest BCUT2D eigenvalue weighted by molar-refractivity contribution is 7.80. The van der Waals surface area contributed by atoms with Crippen molar-refractivity contribution in [1.82, 2.24) is 0 Å². The molecule has 0 heterocycles. The van der Waals surface area contributed by atoms with E-state index in [1.807, 2.05) is 12.1 Å². The van der Waals surface area contributed by atoms with Crippen LogP contribution in [-0.2, 0) is 14.3 Å². The number of hydrogen-bond acceptors (Lipinski definition) is 4. The van der Waals surface area contributed by atoms with E-state index in [9.17, 15) is 14.7 Å². The van der Waals surface area contributed by atoms with Crippen LogP contribution < -0.4 is 0 Å². The summed E-state index contributed by atoms with van der Waals surface area (Å²) < 4.78 is 4.93. The van der Waals surface area contributed by atoms with Crippen LogP contribution in [0, 0.1) is 5.92 Å². The van der Waals surface area contributed by atoms with Gasteiger partial charge in [0.25, 0.3) is 0 Å². The molecular formula is C19H26O4S. The highest BCUT2D eigenvalue weighted by atomic mass is 32.1. The largest absolute Gasteiger partial charge is 0.481 e. The normalized spacial score (nSPS) is 17.9. The molecule has 0 radical (unpaired) electrons. The van der Waals surface area contributed by atoms with Gasteiger partial charge in [-0.15, -0.1) is 0 Å². The SMILES string of the molecule is CCOC(=O)C(C(=O)O)C(CS)c1ccc(C2CCCCC2)cc1. The Hall–Kier alpha value is -1.49. The molecule has 0 bridgehead atoms. The summed E-state index contributed by atoms with van der Waals surface area (Å²) in [6.07, 6.45) is 6.30. The quantitative estimate of drug-likeness (QED) is 0.443. The molecule has 1 aromatic rings. The van der Waals surface area contributed by atoms with Gasteiger partial charge in [-0.25, -0.2) is 0 Å². The van der Waals surface area contributed by atoms with Crippen LogP contribution in [0.3, 0.4) is 0 Å². The minimum absolute atomic E-state index is 0.169. The Kier molecular flexibility index (Phi) is 7.16. The van der Waals surface area contributed by atoms with Gasteiger partial charge in [-0.2, -0.15) is 12.6 Å². The fourth-order valence-corrected chi connectivity index (χ4v) is 3.95. The highest BCUT2D eigenvalue weighted by Crippen LogP contribution is 2.34. The Balaban J connectivity index is 2.19. The molecule has 1 N–H and O–H groups in total. The van der Waals surface area contributed by atoms with Crippen LogP contribution in [0.1, 0.15) is 62.0 Å². The molecule has 1 aliphatic rings. The summed E-state index contributed by atoms with van der Waals surface area (Å²) in [5.41, 5.74) is 2.13. The lowest BCUT2D eigenvalue weighted by Gasteiger charge is -2.24. The summed E-state index contributed by atoms with van der Waals surface area (Å²) in [5, 5.41) is 9.46. The molecule has 0 spiro atoms. The molecule has 2 rings (SSSR count). The van der Waals surface area contributed by atoms with Crippen LogP contribution >= 0.6 is 12.6 Å². The van der Waals surface area contributed by atoms with E-state index in [0.717, 1.165) is 5.56 Å². The fourth-order valence-electron chi connectivity index (χ4n) is 3.52. The Labute approximate surface area is 149 Å². The zero-order valence-corrected chi connectivity index (χ0v) is 15.0. The molecule has 5 heteroatoms. The van der Waals surface area contributed by atoms with E-state index >= 15 is 0 Å². The topological polar surface area (TPSA) is 63.6 Å². The van der Waals surface area contributed by atoms with E-state index in [1.165, 1.54) is 37.7 Å². The molecule has 4 nitrogen and oxygen atoms in total. The van der Waals surface area contributed by atoms with Crippen LogP contribution in [0.25, 0.3) is 0 Å². The number of rotatable bonds is 7. The van der Waals surface area contributed by atoms with Crippen LogP contribution in [0.5, 0.6) is 0 Å². The minimum Gasteiger partial charge on any atom is -0.481 e. The lowest BCUT2D eigenvalue weighted by Crippen LogP contribution is -2.32. The van der Waals surface area contributed by atoms with Crippen molar-refractivity contribution in [3.05, 3.63) is 35.4 Å². The summed E-state index contributed by atoms with van der Waals surface area (Å²) >= 11 is 4.28. The van der Waals surface area contributed by atoms with E-state index in [-0.39, 0.29) is 12.4 Å². The number of thiol groups is 1. The van der Waals surface area contributed by atoms with Crippen LogP contribution in [0.2, 0.25) is 0 Å². The predicted molar refractivity (Wildman–Crippen MR) is 96.6 cm³/mol. The summed E-state index contributed by atoms with van der Waals surface area (Å²) in [6.45, 7) is 1.84. The average Bonchev–Trinajstić information content (AvgIpc) is 2.60. The summed E-state index contributed by atoms with van der Waals surface area (Å²) in [5.74, 6) is -2.70. The van der Waals surface area contributed by atoms with Crippen LogP contribution in [0.4, 0.5) is 0 Å². The number of esters is 1. The van der Waals surface area contributed by atoms with Gasteiger partial charge in [0.1, 0.15) is 0 Å². The smallest absolute Gasteiger partial charge is 0.320 e. The summed E-state index contributed by atoms with van der Waals surface area (Å²) in [6, 6.07) is 8.04. The molecule has 0 aliphatic heterocycles. The van der Waals surface area contributed by atoms with Gasteiger partial charge in [0, 0.05) is 5.92 Å². The Bertz CT molecular complexity index is 549. The van der Waals surface area contributed by atoms with Crippen molar-refractivity contribution in [2.24, 2.45) is 5.92 Å². The standard InChI is InChI=1S/C19H26O4S/c1-2-23-19(22)17(18(20)21)16(12-24)15-10-8-14(9-11-15)13-6-4-3-5-7-13/h8-11,13,16-17,24H,2-7,12H2,1H3,(H,20,21). The van der Waals surface area contributed by atoms with Crippen molar-refractivity contribution in [3.8, 4) is 0 Å². The Morgan fingerprint density at radius 2 is 1.83 bits per heavy atom. The summed E-state index contributed by atoms with van der Waals surface area (Å²) in [7, 11) is 0. The molecular weight excluding hydrogens is 324 g/mol. The first-order valence-electron chi connectivity index (χ1n) is 8.68. The second kappa shape index (κ2) is 9.11. The zero-order chi connectivity index (χ0) is 17.5. The van der Waals surface area contributed by atoms with Crippen LogP contribution in [0.15, 0.2) is 24.3 Å². The Morgan fingerprint density at radius 1 is 1.21 bits per heavy atom. The van der Waals surface area contributed by atoms with E-state index < -0.39 is 23.8 Å². The van der Waals surface area contributed by atoms with E-state index in [0.29, 0.717) is 5.92 Å². The lowest BCUT2D eigenvalue weighted by atomic mass is 9.82. The van der Waals surface area contributed by atoms with Crippen molar-refractivity contribution in [2.45, 2.75) is 50.9 Å². The molecule has 24 heavy (non-hydrogen) atoms. The third-order valence-corrected chi connectivity index (χ3v) is 5.24. The maximum atomic E-state index is 12.0. The number of ether oxygens (including phenoxy) is 1. The van der Waals surface area contributed by atoms with Gasteiger partial charge in [-0.3, -0.25) is 9.59 Å². The number of carboxylic acid groups (broad SMARTS) is 1. The van der Waals surface area contributed by atoms with Crippen molar-refractivity contribution in [1.29, 1.82) is 0 Å². The second-order valence-corrected chi connectivity index (χ2v) is 6.72. The second-order valence-electron chi connectivity index (χ2n) is 6.36. The maximum absolute atomic E-state index is 12.0. The Morgan fingerprint density at radius 3 is 2.33 bits per heavy atom. The van der Waals surface area contributed by atoms with Gasteiger partial charge >= 0.3 is 11.9 Å². The number of carbonyl (C=O) groups excluding carboxylic acids is 1. The van der Waals surface area contributed by atoms with Gasteiger partial charge in [-0.05, 0) is 42.6 Å². The minimum atomic E-state index is -1.22. The van der Waals surface area contributed by atoms with E-state index in [1.54, 1.807) is 6.92 Å². The molecule has 1 aromatic carbocycles. The molecule has 0 saturated heterocycles. The third-order valence-electron chi connectivity index (χ3n) is 4.85. The van der Waals surface area contributed by atoms with Crippen molar-refractivity contribution >= 4 is 24.6 Å². The number of benzene rings is 1. The zero-order valence-electron chi connectivity index (χ0n) is 14.1. The van der Waals surface area contributed by atoms with Crippen molar-refractivity contribution in [2.75, 3.05) is 12.4 Å². The highest BCUT2D eigenvalue weighted by Gasteiger charge is 2.36. The number of aliphatic carboxylic acids is 1. The van der Waals surface area contributed by atoms with Gasteiger partial charge in [-0.1, -0.05) is 43.5 Å². The van der Waals surface area contributed by atoms with Gasteiger partial charge in [0.05, 0.1) is 6.61 Å². The fraction of sp³-hybridized carbons (Fsp3) is 0.579. The molecule has 1 saturated carbocycles. The van der Waals surface area contributed by atoms with Gasteiger partial charge in [0.2, 0.25) is 0 Å². The van der Waals surface area contributed by atoms with Crippen LogP contribution in [-0.4, -0.2) is 29.4 Å². The van der Waals surface area contributed by atoms with E-state index in [2.05, 4.69) is 24.8 Å². The van der Waals surface area contributed by atoms with Crippen molar-refractivity contribution < 1.29 is 19.4 Å². The molecule has 0 amide bonds. The molecule has 2 unspecified atom stereocenters. The average molecular weight is 350 g/mol. The number of carboxylic acids is 1. The third kappa shape index (κ3) is 4.53. The van der Waals surface area contributed by atoms with Crippen molar-refractivity contribution in [3.63, 3.8) is 0 Å². The van der Waals surface area contributed by atoms with Gasteiger partial charge < -0.3 is 9.84 Å². The summed E-state index contributed by atoms with van der Waals surface area (Å²) in [4.78, 5) is 23.6. The first-order valence-corrected chi connectivity index (χ1v) is 9.31. The molecule has 2 atom stereocenters. The number of hydrogen-bond donors (Lipinski definition) is 2. The van der Waals surface area contributed by atoms with Gasteiger partial charge in [0.15, 0.2) is 5.92 Å². The monoisotopic (exact) mass is 350 g/mol.